The van der Waals surface area contributed by atoms with E-state index in [0.717, 1.165) is 22.7 Å². The molecule has 2 heterocycles. The van der Waals surface area contributed by atoms with Gasteiger partial charge in [0.15, 0.2) is 5.11 Å². The number of rotatable bonds is 3. The van der Waals surface area contributed by atoms with Crippen LogP contribution in [0.25, 0.3) is 0 Å². The number of amides is 1. The van der Waals surface area contributed by atoms with E-state index >= 15 is 0 Å². The zero-order chi connectivity index (χ0) is 25.0. The van der Waals surface area contributed by atoms with E-state index in [9.17, 15) is 23.1 Å². The van der Waals surface area contributed by atoms with Gasteiger partial charge < -0.3 is 19.6 Å². The largest absolute Gasteiger partial charge is 0.484 e. The maximum Gasteiger partial charge on any atom is 0.417 e. The molecule has 34 heavy (non-hydrogen) atoms. The average molecular weight is 491 g/mol. The van der Waals surface area contributed by atoms with E-state index < -0.39 is 28.7 Å². The fraction of sp³-hybridized carbons (Fsp3) is 0.348. The van der Waals surface area contributed by atoms with Gasteiger partial charge in [0.2, 0.25) is 0 Å². The maximum absolute atomic E-state index is 13.5. The van der Waals surface area contributed by atoms with Crippen molar-refractivity contribution in [3.05, 3.63) is 47.5 Å². The smallest absolute Gasteiger partial charge is 0.417 e. The highest BCUT2D eigenvalue weighted by molar-refractivity contribution is 7.81. The Morgan fingerprint density at radius 3 is 2.53 bits per heavy atom. The highest BCUT2D eigenvalue weighted by Crippen LogP contribution is 2.42. The maximum atomic E-state index is 13.5. The van der Waals surface area contributed by atoms with Gasteiger partial charge in [0.1, 0.15) is 17.4 Å². The van der Waals surface area contributed by atoms with Crippen molar-refractivity contribution >= 4 is 40.3 Å². The zero-order valence-electron chi connectivity index (χ0n) is 18.6. The van der Waals surface area contributed by atoms with Crippen LogP contribution < -0.4 is 19.4 Å². The van der Waals surface area contributed by atoms with Crippen molar-refractivity contribution < 1.29 is 27.8 Å². The van der Waals surface area contributed by atoms with Gasteiger partial charge >= 0.3 is 6.18 Å². The molecule has 4 rings (SSSR count). The van der Waals surface area contributed by atoms with Gasteiger partial charge in [-0.15, -0.1) is 0 Å². The molecule has 0 aromatic heterocycles. The predicted octanol–water partition coefficient (Wildman–Crippen LogP) is 3.68. The summed E-state index contributed by atoms with van der Waals surface area (Å²) in [5, 5.41) is 18.5. The molecular formula is C23H21F3N4O3S. The number of benzene rings is 2. The minimum atomic E-state index is -4.77. The lowest BCUT2D eigenvalue weighted by Crippen LogP contribution is -2.44. The first-order chi connectivity index (χ1) is 15.9. The molecule has 0 radical (unpaired) electrons. The van der Waals surface area contributed by atoms with Crippen molar-refractivity contribution in [1.82, 2.24) is 0 Å². The minimum Gasteiger partial charge on any atom is -0.484 e. The van der Waals surface area contributed by atoms with E-state index in [1.165, 1.54) is 12.1 Å². The van der Waals surface area contributed by atoms with Crippen LogP contribution in [-0.2, 0) is 11.0 Å². The molecular weight excluding hydrogens is 469 g/mol. The van der Waals surface area contributed by atoms with Crippen molar-refractivity contribution in [2.45, 2.75) is 31.7 Å². The van der Waals surface area contributed by atoms with Crippen LogP contribution >= 0.6 is 12.2 Å². The Morgan fingerprint density at radius 2 is 1.91 bits per heavy atom. The highest BCUT2D eigenvalue weighted by atomic mass is 32.1. The number of likely N-dealkylation sites (N-methyl/N-ethyl adjacent to an activating group) is 1. The summed E-state index contributed by atoms with van der Waals surface area (Å²) in [6.45, 7) is 3.59. The number of carbonyl (C=O) groups excluding carboxylic acids is 1. The van der Waals surface area contributed by atoms with Gasteiger partial charge in [-0.05, 0) is 62.5 Å². The van der Waals surface area contributed by atoms with Crippen LogP contribution in [0.3, 0.4) is 0 Å². The van der Waals surface area contributed by atoms with E-state index in [1.54, 1.807) is 36.9 Å². The van der Waals surface area contributed by atoms with Crippen molar-refractivity contribution in [3.8, 4) is 11.8 Å². The molecule has 0 bridgehead atoms. The van der Waals surface area contributed by atoms with Gasteiger partial charge in [0, 0.05) is 12.7 Å². The fourth-order valence-electron chi connectivity index (χ4n) is 4.22. The van der Waals surface area contributed by atoms with E-state index in [2.05, 4.69) is 0 Å². The van der Waals surface area contributed by atoms with E-state index in [0.29, 0.717) is 18.0 Å². The molecule has 1 amide bonds. The van der Waals surface area contributed by atoms with Crippen molar-refractivity contribution in [2.24, 2.45) is 0 Å². The molecule has 1 atom stereocenters. The molecule has 2 aliphatic heterocycles. The summed E-state index contributed by atoms with van der Waals surface area (Å²) in [5.74, 6) is 0.0579. The lowest BCUT2D eigenvalue weighted by atomic mass is 10.0. The van der Waals surface area contributed by atoms with Gasteiger partial charge in [-0.25, -0.2) is 0 Å². The second kappa shape index (κ2) is 8.14. The monoisotopic (exact) mass is 490 g/mol. The van der Waals surface area contributed by atoms with Crippen LogP contribution in [0, 0.1) is 11.3 Å². The number of hydrogen-bond acceptors (Lipinski definition) is 6. The summed E-state index contributed by atoms with van der Waals surface area (Å²) in [5.41, 5.74) is -1.65. The Kier molecular flexibility index (Phi) is 5.70. The predicted molar refractivity (Wildman–Crippen MR) is 124 cm³/mol. The minimum absolute atomic E-state index is 0.0143. The third-order valence-corrected chi connectivity index (χ3v) is 6.31. The third-order valence-electron chi connectivity index (χ3n) is 5.94. The average Bonchev–Trinajstić information content (AvgIpc) is 2.96. The Hall–Kier alpha value is -3.36. The number of thiocarbonyl (C=S) groups is 1. The fourth-order valence-corrected chi connectivity index (χ4v) is 4.74. The Labute approximate surface area is 199 Å². The normalized spacial score (nSPS) is 19.7. The van der Waals surface area contributed by atoms with Crippen LogP contribution in [0.2, 0.25) is 0 Å². The first-order valence-electron chi connectivity index (χ1n) is 10.3. The standard InChI is InChI=1S/C23H21F3N4O3S/c1-22(2)20(32)29(14-5-4-13(10-27)17(8-14)23(24,25)26)21(34)30(22)15-6-7-19-18(9-15)28(3)11-16(12-31)33-19/h4-9,16,31H,11-12H2,1-3H3/t16-/m1/s1. The number of hydrogen-bond donors (Lipinski definition) is 1. The van der Waals surface area contributed by atoms with Gasteiger partial charge in [-0.2, -0.15) is 18.4 Å². The van der Waals surface area contributed by atoms with Crippen molar-refractivity contribution in [2.75, 3.05) is 34.9 Å². The third kappa shape index (κ3) is 3.73. The number of aliphatic hydroxyl groups is 1. The second-order valence-corrected chi connectivity index (χ2v) is 8.98. The summed E-state index contributed by atoms with van der Waals surface area (Å²) >= 11 is 5.58. The number of anilines is 3. The van der Waals surface area contributed by atoms with Crippen LogP contribution in [0.1, 0.15) is 25.0 Å². The summed E-state index contributed by atoms with van der Waals surface area (Å²) in [4.78, 5) is 17.9. The summed E-state index contributed by atoms with van der Waals surface area (Å²) in [6, 6.07) is 9.82. The first-order valence-corrected chi connectivity index (χ1v) is 10.7. The Balaban J connectivity index is 1.76. The van der Waals surface area contributed by atoms with Gasteiger partial charge in [-0.1, -0.05) is 0 Å². The SMILES string of the molecule is CN1C[C@H](CO)Oc2ccc(N3C(=S)N(c4ccc(C#N)c(C(F)(F)F)c4)C(=O)C3(C)C)cc21. The van der Waals surface area contributed by atoms with Gasteiger partial charge in [-0.3, -0.25) is 9.69 Å². The number of nitrogens with zero attached hydrogens (tertiary/aromatic N) is 4. The summed E-state index contributed by atoms with van der Waals surface area (Å²) in [7, 11) is 1.84. The van der Waals surface area contributed by atoms with Gasteiger partial charge in [0.05, 0.1) is 41.7 Å². The topological polar surface area (TPSA) is 80.0 Å². The highest BCUT2D eigenvalue weighted by Gasteiger charge is 2.51. The molecule has 2 aromatic carbocycles. The van der Waals surface area contributed by atoms with Gasteiger partial charge in [0.25, 0.3) is 5.91 Å². The van der Waals surface area contributed by atoms with Crippen molar-refractivity contribution in [1.29, 1.82) is 5.26 Å². The first kappa shape index (κ1) is 23.8. The molecule has 0 saturated carbocycles. The summed E-state index contributed by atoms with van der Waals surface area (Å²) in [6.07, 6.45) is -5.14. The van der Waals surface area contributed by atoms with Crippen LogP contribution in [0.5, 0.6) is 5.75 Å². The molecule has 0 spiro atoms. The molecule has 11 heteroatoms. The molecule has 0 unspecified atom stereocenters. The molecule has 1 fully saturated rings. The number of nitriles is 1. The van der Waals surface area contributed by atoms with Crippen LogP contribution in [0.4, 0.5) is 30.2 Å². The number of aliphatic hydroxyl groups excluding tert-OH is 1. The Bertz CT molecular complexity index is 1220. The van der Waals surface area contributed by atoms with Crippen LogP contribution in [-0.4, -0.2) is 48.0 Å². The lowest BCUT2D eigenvalue weighted by molar-refractivity contribution is -0.137. The molecule has 0 aliphatic carbocycles. The number of carbonyl (C=O) groups is 1. The van der Waals surface area contributed by atoms with Crippen LogP contribution in [0.15, 0.2) is 36.4 Å². The Morgan fingerprint density at radius 1 is 1.24 bits per heavy atom. The number of halogens is 3. The van der Waals surface area contributed by atoms with Crippen molar-refractivity contribution in [3.63, 3.8) is 0 Å². The number of fused-ring (bicyclic) bond motifs is 1. The molecule has 7 nitrogen and oxygen atoms in total. The lowest BCUT2D eigenvalue weighted by Gasteiger charge is -2.35. The zero-order valence-corrected chi connectivity index (χ0v) is 19.4. The molecule has 1 saturated heterocycles. The molecule has 178 valence electrons. The molecule has 2 aromatic rings. The van der Waals surface area contributed by atoms with E-state index in [-0.39, 0.29) is 23.5 Å². The molecule has 2 aliphatic rings. The van der Waals surface area contributed by atoms with E-state index in [4.69, 9.17) is 22.2 Å². The number of ether oxygens (including phenoxy) is 1. The number of alkyl halides is 3. The van der Waals surface area contributed by atoms with E-state index in [1.807, 2.05) is 11.9 Å². The summed E-state index contributed by atoms with van der Waals surface area (Å²) < 4.78 is 46.3. The second-order valence-electron chi connectivity index (χ2n) is 8.61. The molecule has 1 N–H and O–H groups in total. The quantitative estimate of drug-likeness (QED) is 0.658.